The molecule has 0 saturated carbocycles. The van der Waals surface area contributed by atoms with Crippen LogP contribution in [0.5, 0.6) is 0 Å². The molecule has 0 amide bonds. The fraction of sp³-hybridized carbons (Fsp3) is 0.500. The van der Waals surface area contributed by atoms with Crippen LogP contribution < -0.4 is 0 Å². The summed E-state index contributed by atoms with van der Waals surface area (Å²) in [4.78, 5) is 3.82. The minimum absolute atomic E-state index is 0.00787. The Labute approximate surface area is 98.1 Å². The van der Waals surface area contributed by atoms with Crippen LogP contribution in [0.1, 0.15) is 44.0 Å². The van der Waals surface area contributed by atoms with Crippen LogP contribution in [0, 0.1) is 11.3 Å². The summed E-state index contributed by atoms with van der Waals surface area (Å²) in [6.07, 6.45) is -2.77. The predicted molar refractivity (Wildman–Crippen MR) is 57.3 cm³/mol. The van der Waals surface area contributed by atoms with Gasteiger partial charge in [0.25, 0.3) is 0 Å². The molecule has 1 rings (SSSR count). The average molecular weight is 242 g/mol. The fourth-order valence-corrected chi connectivity index (χ4v) is 1.45. The molecular weight excluding hydrogens is 229 g/mol. The molecule has 1 aromatic heterocycles. The normalized spacial score (nSPS) is 12.3. The van der Waals surface area contributed by atoms with Crippen LogP contribution in [0.3, 0.4) is 0 Å². The number of nitriles is 1. The van der Waals surface area contributed by atoms with Gasteiger partial charge in [-0.1, -0.05) is 20.8 Å². The smallest absolute Gasteiger partial charge is 0.259 e. The highest BCUT2D eigenvalue weighted by Gasteiger charge is 2.38. The van der Waals surface area contributed by atoms with E-state index in [1.165, 1.54) is 6.20 Å². The molecule has 0 radical (unpaired) electrons. The molecule has 2 nitrogen and oxygen atoms in total. The van der Waals surface area contributed by atoms with E-state index in [0.717, 1.165) is 6.07 Å². The molecule has 0 spiro atoms. The van der Waals surface area contributed by atoms with Gasteiger partial charge in [-0.25, -0.2) is 0 Å². The third-order valence-electron chi connectivity index (χ3n) is 2.85. The molecule has 0 aliphatic carbocycles. The van der Waals surface area contributed by atoms with E-state index in [1.807, 2.05) is 0 Å². The summed E-state index contributed by atoms with van der Waals surface area (Å²) < 4.78 is 38.6. The van der Waals surface area contributed by atoms with Gasteiger partial charge in [0, 0.05) is 11.6 Å². The second-order valence-electron chi connectivity index (χ2n) is 4.47. The Hall–Kier alpha value is -1.57. The zero-order chi connectivity index (χ0) is 13.3. The molecule has 0 aliphatic heterocycles. The van der Waals surface area contributed by atoms with Crippen LogP contribution in [0.25, 0.3) is 0 Å². The van der Waals surface area contributed by atoms with E-state index in [0.29, 0.717) is 6.42 Å². The van der Waals surface area contributed by atoms with Crippen molar-refractivity contribution in [1.82, 2.24) is 4.98 Å². The minimum atomic E-state index is -4.48. The summed E-state index contributed by atoms with van der Waals surface area (Å²) >= 11 is 0. The second kappa shape index (κ2) is 4.36. The van der Waals surface area contributed by atoms with Gasteiger partial charge in [-0.05, 0) is 12.5 Å². The lowest BCUT2D eigenvalue weighted by molar-refractivity contribution is -0.139. The van der Waals surface area contributed by atoms with Crippen LogP contribution >= 0.6 is 0 Å². The van der Waals surface area contributed by atoms with Crippen molar-refractivity contribution in [3.63, 3.8) is 0 Å². The van der Waals surface area contributed by atoms with Gasteiger partial charge < -0.3 is 0 Å². The number of hydrogen-bond donors (Lipinski definition) is 0. The van der Waals surface area contributed by atoms with Crippen LogP contribution in [0.2, 0.25) is 0 Å². The number of alkyl halides is 3. The molecule has 0 bridgehead atoms. The highest BCUT2D eigenvalue weighted by atomic mass is 19.4. The first-order valence-corrected chi connectivity index (χ1v) is 5.20. The SMILES string of the molecule is CCC(C)(C)c1ncc(C#N)cc1C(F)(F)F. The third-order valence-corrected chi connectivity index (χ3v) is 2.85. The monoisotopic (exact) mass is 242 g/mol. The van der Waals surface area contributed by atoms with Gasteiger partial charge >= 0.3 is 6.18 Å². The number of nitrogens with zero attached hydrogens (tertiary/aromatic N) is 2. The number of halogens is 3. The fourth-order valence-electron chi connectivity index (χ4n) is 1.45. The quantitative estimate of drug-likeness (QED) is 0.793. The zero-order valence-electron chi connectivity index (χ0n) is 9.89. The summed E-state index contributed by atoms with van der Waals surface area (Å²) in [6.45, 7) is 5.22. The van der Waals surface area contributed by atoms with E-state index in [4.69, 9.17) is 5.26 Å². The molecule has 0 aliphatic rings. The van der Waals surface area contributed by atoms with Crippen LogP contribution in [-0.2, 0) is 11.6 Å². The van der Waals surface area contributed by atoms with Crippen molar-refractivity contribution in [1.29, 1.82) is 5.26 Å². The van der Waals surface area contributed by atoms with E-state index in [-0.39, 0.29) is 11.3 Å². The first-order chi connectivity index (χ1) is 7.72. The lowest BCUT2D eigenvalue weighted by atomic mass is 9.83. The number of hydrogen-bond acceptors (Lipinski definition) is 2. The molecular formula is C12H13F3N2. The standard InChI is InChI=1S/C12H13F3N2/c1-4-11(2,3)10-9(12(13,14)15)5-8(6-16)7-17-10/h5,7H,4H2,1-3H3. The second-order valence-corrected chi connectivity index (χ2v) is 4.47. The largest absolute Gasteiger partial charge is 0.418 e. The van der Waals surface area contributed by atoms with Crippen molar-refractivity contribution in [2.75, 3.05) is 0 Å². The van der Waals surface area contributed by atoms with Crippen molar-refractivity contribution in [2.24, 2.45) is 0 Å². The van der Waals surface area contributed by atoms with E-state index < -0.39 is 17.2 Å². The Morgan fingerprint density at radius 2 is 1.94 bits per heavy atom. The summed E-state index contributed by atoms with van der Waals surface area (Å²) in [5, 5.41) is 8.62. The maximum Gasteiger partial charge on any atom is 0.418 e. The molecule has 0 N–H and O–H groups in total. The lowest BCUT2D eigenvalue weighted by Crippen LogP contribution is -2.24. The molecule has 92 valence electrons. The van der Waals surface area contributed by atoms with Crippen molar-refractivity contribution < 1.29 is 13.2 Å². The zero-order valence-corrected chi connectivity index (χ0v) is 9.89. The predicted octanol–water partition coefficient (Wildman–Crippen LogP) is 3.66. The average Bonchev–Trinajstić information content (AvgIpc) is 2.27. The molecule has 0 saturated heterocycles. The number of aromatic nitrogens is 1. The Balaban J connectivity index is 3.47. The maximum absolute atomic E-state index is 12.9. The Kier molecular flexibility index (Phi) is 3.46. The third kappa shape index (κ3) is 2.76. The highest BCUT2D eigenvalue weighted by Crippen LogP contribution is 2.37. The Morgan fingerprint density at radius 1 is 1.35 bits per heavy atom. The van der Waals surface area contributed by atoms with Crippen LogP contribution in [0.4, 0.5) is 13.2 Å². The van der Waals surface area contributed by atoms with E-state index >= 15 is 0 Å². The van der Waals surface area contributed by atoms with Crippen LogP contribution in [-0.4, -0.2) is 4.98 Å². The van der Waals surface area contributed by atoms with Gasteiger partial charge in [-0.15, -0.1) is 0 Å². The summed E-state index contributed by atoms with van der Waals surface area (Å²) in [5.41, 5.74) is -1.57. The lowest BCUT2D eigenvalue weighted by Gasteiger charge is -2.25. The minimum Gasteiger partial charge on any atom is -0.259 e. The first kappa shape index (κ1) is 13.5. The molecule has 0 atom stereocenters. The summed E-state index contributed by atoms with van der Waals surface area (Å²) in [6, 6.07) is 2.53. The molecule has 5 heteroatoms. The van der Waals surface area contributed by atoms with Crippen molar-refractivity contribution in [2.45, 2.75) is 38.8 Å². The van der Waals surface area contributed by atoms with Crippen molar-refractivity contribution in [3.8, 4) is 6.07 Å². The van der Waals surface area contributed by atoms with Gasteiger partial charge in [0.15, 0.2) is 0 Å². The molecule has 0 aromatic carbocycles. The Morgan fingerprint density at radius 3 is 2.35 bits per heavy atom. The van der Waals surface area contributed by atoms with E-state index in [1.54, 1.807) is 26.8 Å². The maximum atomic E-state index is 12.9. The van der Waals surface area contributed by atoms with Crippen molar-refractivity contribution >= 4 is 0 Å². The molecule has 1 heterocycles. The first-order valence-electron chi connectivity index (χ1n) is 5.20. The molecule has 1 aromatic rings. The number of rotatable bonds is 2. The molecule has 17 heavy (non-hydrogen) atoms. The van der Waals surface area contributed by atoms with E-state index in [9.17, 15) is 13.2 Å². The van der Waals surface area contributed by atoms with E-state index in [2.05, 4.69) is 4.98 Å². The van der Waals surface area contributed by atoms with Gasteiger partial charge in [0.2, 0.25) is 0 Å². The van der Waals surface area contributed by atoms with Gasteiger partial charge in [0.1, 0.15) is 6.07 Å². The van der Waals surface area contributed by atoms with Gasteiger partial charge in [-0.3, -0.25) is 4.98 Å². The van der Waals surface area contributed by atoms with Gasteiger partial charge in [-0.2, -0.15) is 18.4 Å². The van der Waals surface area contributed by atoms with Gasteiger partial charge in [0.05, 0.1) is 16.8 Å². The van der Waals surface area contributed by atoms with Crippen molar-refractivity contribution in [3.05, 3.63) is 29.1 Å². The summed E-state index contributed by atoms with van der Waals surface area (Å²) in [7, 11) is 0. The number of pyridine rings is 1. The molecule has 0 unspecified atom stereocenters. The summed E-state index contributed by atoms with van der Waals surface area (Å²) in [5.74, 6) is 0. The highest BCUT2D eigenvalue weighted by molar-refractivity contribution is 5.37. The molecule has 0 fully saturated rings. The van der Waals surface area contributed by atoms with Crippen LogP contribution in [0.15, 0.2) is 12.3 Å². The topological polar surface area (TPSA) is 36.7 Å². The Bertz CT molecular complexity index is 456.